The molecule has 6 heteroatoms. The third-order valence-electron chi connectivity index (χ3n) is 5.16. The van der Waals surface area contributed by atoms with Gasteiger partial charge in [-0.3, -0.25) is 14.9 Å². The van der Waals surface area contributed by atoms with Crippen LogP contribution in [0.1, 0.15) is 54.1 Å². The van der Waals surface area contributed by atoms with Gasteiger partial charge in [0, 0.05) is 31.3 Å². The molecule has 2 heterocycles. The van der Waals surface area contributed by atoms with E-state index in [-0.39, 0.29) is 23.5 Å². The Morgan fingerprint density at radius 2 is 2.29 bits per heavy atom. The van der Waals surface area contributed by atoms with Crippen LogP contribution in [0.2, 0.25) is 0 Å². The summed E-state index contributed by atoms with van der Waals surface area (Å²) in [6, 6.07) is 3.18. The number of hydrogen-bond donors (Lipinski definition) is 2. The topological polar surface area (TPSA) is 61.8 Å². The molecule has 1 aromatic rings. The van der Waals surface area contributed by atoms with Gasteiger partial charge in [-0.25, -0.2) is 9.87 Å². The standard InChI is InChI=1S/C18H25FN2O3/c1-2-14-9-16-13(7-12(8-17(16)19)18(22)20-23)10-21(14)11-15-5-3-4-6-24-15/h7-8,14-15,23H,2-6,9-11H2,1H3,(H,20,22). The van der Waals surface area contributed by atoms with Crippen LogP contribution in [0.25, 0.3) is 0 Å². The van der Waals surface area contributed by atoms with Gasteiger partial charge in [-0.2, -0.15) is 0 Å². The summed E-state index contributed by atoms with van der Waals surface area (Å²) in [4.78, 5) is 14.0. The summed E-state index contributed by atoms with van der Waals surface area (Å²) in [7, 11) is 0. The molecule has 132 valence electrons. The lowest BCUT2D eigenvalue weighted by atomic mass is 9.90. The number of nitrogens with zero attached hydrogens (tertiary/aromatic N) is 1. The first-order valence-corrected chi connectivity index (χ1v) is 8.73. The van der Waals surface area contributed by atoms with Crippen molar-refractivity contribution in [2.75, 3.05) is 13.2 Å². The predicted octanol–water partition coefficient (Wildman–Crippen LogP) is 2.65. The van der Waals surface area contributed by atoms with Crippen LogP contribution in [0.3, 0.4) is 0 Å². The van der Waals surface area contributed by atoms with Crippen LogP contribution in [-0.4, -0.2) is 41.3 Å². The van der Waals surface area contributed by atoms with Crippen LogP contribution in [-0.2, 0) is 17.7 Å². The van der Waals surface area contributed by atoms with Crippen molar-refractivity contribution in [1.29, 1.82) is 0 Å². The maximum absolute atomic E-state index is 14.4. The number of benzene rings is 1. The largest absolute Gasteiger partial charge is 0.377 e. The second kappa shape index (κ2) is 7.59. The second-order valence-electron chi connectivity index (χ2n) is 6.72. The minimum atomic E-state index is -0.684. The lowest BCUT2D eigenvalue weighted by Gasteiger charge is -2.39. The lowest BCUT2D eigenvalue weighted by molar-refractivity contribution is -0.0182. The zero-order valence-corrected chi connectivity index (χ0v) is 14.1. The van der Waals surface area contributed by atoms with E-state index in [0.29, 0.717) is 18.5 Å². The molecule has 24 heavy (non-hydrogen) atoms. The Kier molecular flexibility index (Phi) is 5.48. The average molecular weight is 336 g/mol. The van der Waals surface area contributed by atoms with Crippen molar-refractivity contribution in [1.82, 2.24) is 10.4 Å². The number of rotatable bonds is 4. The number of carbonyl (C=O) groups excluding carboxylic acids is 1. The van der Waals surface area contributed by atoms with E-state index < -0.39 is 5.91 Å². The van der Waals surface area contributed by atoms with Crippen molar-refractivity contribution in [3.8, 4) is 0 Å². The molecule has 2 N–H and O–H groups in total. The summed E-state index contributed by atoms with van der Waals surface area (Å²) in [6.07, 6.45) is 5.22. The quantitative estimate of drug-likeness (QED) is 0.655. The summed E-state index contributed by atoms with van der Waals surface area (Å²) in [6.45, 7) is 4.39. The summed E-state index contributed by atoms with van der Waals surface area (Å²) < 4.78 is 20.3. The Morgan fingerprint density at radius 1 is 1.46 bits per heavy atom. The number of ether oxygens (including phenoxy) is 1. The highest BCUT2D eigenvalue weighted by molar-refractivity contribution is 5.93. The van der Waals surface area contributed by atoms with Gasteiger partial charge < -0.3 is 4.74 Å². The smallest absolute Gasteiger partial charge is 0.274 e. The van der Waals surface area contributed by atoms with Crippen molar-refractivity contribution in [3.63, 3.8) is 0 Å². The Morgan fingerprint density at radius 3 is 2.96 bits per heavy atom. The Labute approximate surface area is 141 Å². The lowest BCUT2D eigenvalue weighted by Crippen LogP contribution is -2.45. The van der Waals surface area contributed by atoms with Crippen molar-refractivity contribution < 1.29 is 19.1 Å². The maximum Gasteiger partial charge on any atom is 0.274 e. The fourth-order valence-electron chi connectivity index (χ4n) is 3.80. The van der Waals surface area contributed by atoms with E-state index in [2.05, 4.69) is 11.8 Å². The first-order valence-electron chi connectivity index (χ1n) is 8.73. The molecule has 5 nitrogen and oxygen atoms in total. The number of hydroxylamine groups is 1. The number of nitrogens with one attached hydrogen (secondary N) is 1. The fraction of sp³-hybridized carbons (Fsp3) is 0.611. The second-order valence-corrected chi connectivity index (χ2v) is 6.72. The molecule has 3 rings (SSSR count). The maximum atomic E-state index is 14.4. The van der Waals surface area contributed by atoms with Crippen molar-refractivity contribution in [3.05, 3.63) is 34.6 Å². The molecule has 2 aliphatic heterocycles. The van der Waals surface area contributed by atoms with E-state index in [1.54, 1.807) is 11.5 Å². The molecule has 0 radical (unpaired) electrons. The van der Waals surface area contributed by atoms with Crippen molar-refractivity contribution in [2.45, 2.75) is 57.7 Å². The minimum Gasteiger partial charge on any atom is -0.377 e. The normalized spacial score (nSPS) is 24.5. The molecule has 1 fully saturated rings. The van der Waals surface area contributed by atoms with E-state index in [4.69, 9.17) is 9.94 Å². The fourth-order valence-corrected chi connectivity index (χ4v) is 3.80. The third-order valence-corrected chi connectivity index (χ3v) is 5.16. The van der Waals surface area contributed by atoms with E-state index >= 15 is 0 Å². The van der Waals surface area contributed by atoms with Gasteiger partial charge in [-0.05, 0) is 55.4 Å². The van der Waals surface area contributed by atoms with Crippen molar-refractivity contribution in [2.24, 2.45) is 0 Å². The third kappa shape index (κ3) is 3.61. The Bertz CT molecular complexity index is 602. The molecule has 0 bridgehead atoms. The highest BCUT2D eigenvalue weighted by Gasteiger charge is 2.30. The number of hydrogen-bond acceptors (Lipinski definition) is 4. The van der Waals surface area contributed by atoms with Crippen LogP contribution < -0.4 is 5.48 Å². The van der Waals surface area contributed by atoms with Crippen LogP contribution in [0.5, 0.6) is 0 Å². The minimum absolute atomic E-state index is 0.151. The summed E-state index contributed by atoms with van der Waals surface area (Å²) in [5, 5.41) is 8.78. The molecule has 0 saturated carbocycles. The van der Waals surface area contributed by atoms with Crippen LogP contribution in [0, 0.1) is 5.82 Å². The predicted molar refractivity (Wildman–Crippen MR) is 87.4 cm³/mol. The van der Waals surface area contributed by atoms with E-state index in [9.17, 15) is 9.18 Å². The monoisotopic (exact) mass is 336 g/mol. The van der Waals surface area contributed by atoms with Crippen LogP contribution in [0.4, 0.5) is 4.39 Å². The molecular formula is C18H25FN2O3. The number of amides is 1. The van der Waals surface area contributed by atoms with Gasteiger partial charge in [0.1, 0.15) is 5.82 Å². The molecule has 0 spiro atoms. The van der Waals surface area contributed by atoms with Crippen LogP contribution >= 0.6 is 0 Å². The van der Waals surface area contributed by atoms with Gasteiger partial charge in [0.15, 0.2) is 0 Å². The van der Waals surface area contributed by atoms with Gasteiger partial charge in [0.05, 0.1) is 6.10 Å². The molecule has 1 aromatic carbocycles. The van der Waals surface area contributed by atoms with Gasteiger partial charge in [-0.1, -0.05) is 6.92 Å². The van der Waals surface area contributed by atoms with Gasteiger partial charge in [0.25, 0.3) is 5.91 Å². The zero-order valence-electron chi connectivity index (χ0n) is 14.1. The SMILES string of the molecule is CCC1Cc2c(F)cc(C(=O)NO)cc2CN1CC1CCCCO1. The molecule has 1 amide bonds. The zero-order chi connectivity index (χ0) is 17.1. The average Bonchev–Trinajstić information content (AvgIpc) is 2.61. The molecule has 0 aromatic heterocycles. The summed E-state index contributed by atoms with van der Waals surface area (Å²) in [5.74, 6) is -1.05. The summed E-state index contributed by atoms with van der Waals surface area (Å²) in [5.41, 5.74) is 3.24. The number of fused-ring (bicyclic) bond motifs is 1. The first-order chi connectivity index (χ1) is 11.6. The Balaban J connectivity index is 1.82. The molecule has 2 atom stereocenters. The molecule has 2 unspecified atom stereocenters. The summed E-state index contributed by atoms with van der Waals surface area (Å²) >= 11 is 0. The molecule has 0 aliphatic carbocycles. The van der Waals surface area contributed by atoms with E-state index in [0.717, 1.165) is 38.0 Å². The first kappa shape index (κ1) is 17.3. The number of halogens is 1. The molecule has 2 aliphatic rings. The van der Waals surface area contributed by atoms with Crippen molar-refractivity contribution >= 4 is 5.91 Å². The van der Waals surface area contributed by atoms with Gasteiger partial charge in [-0.15, -0.1) is 0 Å². The molecule has 1 saturated heterocycles. The van der Waals surface area contributed by atoms with E-state index in [1.807, 2.05) is 0 Å². The molecular weight excluding hydrogens is 311 g/mol. The van der Waals surface area contributed by atoms with E-state index in [1.165, 1.54) is 12.5 Å². The Hall–Kier alpha value is -1.50. The van der Waals surface area contributed by atoms with Gasteiger partial charge >= 0.3 is 0 Å². The number of carbonyl (C=O) groups is 1. The highest BCUT2D eigenvalue weighted by Crippen LogP contribution is 2.29. The highest BCUT2D eigenvalue weighted by atomic mass is 19.1. The van der Waals surface area contributed by atoms with Gasteiger partial charge in [0.2, 0.25) is 0 Å². The van der Waals surface area contributed by atoms with Crippen LogP contribution in [0.15, 0.2) is 12.1 Å².